The summed E-state index contributed by atoms with van der Waals surface area (Å²) in [7, 11) is -3.16. The number of pyridine rings is 1. The van der Waals surface area contributed by atoms with Crippen LogP contribution in [0.4, 0.5) is 0 Å². The van der Waals surface area contributed by atoms with Gasteiger partial charge in [-0.05, 0) is 29.4 Å². The van der Waals surface area contributed by atoms with Crippen LogP contribution >= 0.6 is 22.6 Å². The van der Waals surface area contributed by atoms with E-state index < -0.39 is 10.0 Å². The molecule has 1 aromatic heterocycles. The second kappa shape index (κ2) is 9.66. The highest BCUT2D eigenvalue weighted by molar-refractivity contribution is 14.1. The maximum absolute atomic E-state index is 11.8. The lowest BCUT2D eigenvalue weighted by Gasteiger charge is -2.06. The Morgan fingerprint density at radius 1 is 1.16 bits per heavy atom. The van der Waals surface area contributed by atoms with E-state index in [0.29, 0.717) is 13.0 Å². The fourth-order valence-electron chi connectivity index (χ4n) is 1.66. The summed E-state index contributed by atoms with van der Waals surface area (Å²) in [6.07, 6.45) is 6.55. The van der Waals surface area contributed by atoms with Gasteiger partial charge in [-0.15, -0.1) is 0 Å². The number of sulfonamides is 1. The summed E-state index contributed by atoms with van der Waals surface area (Å²) in [5.74, 6) is 0.109. The van der Waals surface area contributed by atoms with Crippen molar-refractivity contribution >= 4 is 32.6 Å². The van der Waals surface area contributed by atoms with Gasteiger partial charge in [0.05, 0.1) is 5.75 Å². The van der Waals surface area contributed by atoms with E-state index in [9.17, 15) is 8.42 Å². The van der Waals surface area contributed by atoms with Gasteiger partial charge >= 0.3 is 0 Å². The molecule has 1 heterocycles. The first-order valence-electron chi connectivity index (χ1n) is 6.57. The Balaban J connectivity index is 2.17. The molecule has 0 bridgehead atoms. The Bertz CT molecular complexity index is 437. The van der Waals surface area contributed by atoms with E-state index in [1.807, 2.05) is 18.2 Å². The minimum Gasteiger partial charge on any atom is -0.261 e. The first-order valence-corrected chi connectivity index (χ1v) is 9.75. The predicted octanol–water partition coefficient (Wildman–Crippen LogP) is 2.54. The third-order valence-electron chi connectivity index (χ3n) is 2.74. The number of unbranched alkanes of at least 4 members (excludes halogenated alkanes) is 3. The summed E-state index contributed by atoms with van der Waals surface area (Å²) in [4.78, 5) is 4.12. The Kier molecular flexibility index (Phi) is 8.56. The van der Waals surface area contributed by atoms with Gasteiger partial charge in [-0.2, -0.15) is 0 Å². The van der Waals surface area contributed by atoms with Gasteiger partial charge in [-0.25, -0.2) is 13.1 Å². The number of rotatable bonds is 10. The minimum absolute atomic E-state index is 0.109. The molecule has 0 atom stereocenters. The molecule has 6 heteroatoms. The fourth-order valence-corrected chi connectivity index (χ4v) is 3.27. The number of hydrogen-bond acceptors (Lipinski definition) is 3. The molecule has 4 nitrogen and oxygen atoms in total. The van der Waals surface area contributed by atoms with Gasteiger partial charge in [0, 0.05) is 24.9 Å². The smallest absolute Gasteiger partial charge is 0.211 e. The van der Waals surface area contributed by atoms with Crippen LogP contribution in [0.2, 0.25) is 0 Å². The second-order valence-corrected chi connectivity index (χ2v) is 7.39. The summed E-state index contributed by atoms with van der Waals surface area (Å²) in [5.41, 5.74) is 0.815. The molecular weight excluding hydrogens is 375 g/mol. The van der Waals surface area contributed by atoms with Crippen LogP contribution in [0.5, 0.6) is 0 Å². The molecular formula is C13H21IN2O2S. The molecule has 0 radical (unpaired) electrons. The zero-order valence-corrected chi connectivity index (χ0v) is 14.0. The van der Waals surface area contributed by atoms with E-state index in [4.69, 9.17) is 0 Å². The van der Waals surface area contributed by atoms with Gasteiger partial charge in [0.2, 0.25) is 10.0 Å². The average molecular weight is 396 g/mol. The van der Waals surface area contributed by atoms with Crippen molar-refractivity contribution in [3.8, 4) is 0 Å². The molecule has 0 aliphatic heterocycles. The van der Waals surface area contributed by atoms with E-state index in [1.54, 1.807) is 6.20 Å². The molecule has 0 amide bonds. The predicted molar refractivity (Wildman–Crippen MR) is 87.1 cm³/mol. The summed E-state index contributed by atoms with van der Waals surface area (Å²) in [6, 6.07) is 5.54. The number of aryl methyl sites for hydroxylation is 1. The van der Waals surface area contributed by atoms with Crippen molar-refractivity contribution in [2.75, 3.05) is 16.7 Å². The second-order valence-electron chi connectivity index (χ2n) is 4.39. The highest BCUT2D eigenvalue weighted by Crippen LogP contribution is 2.02. The van der Waals surface area contributed by atoms with E-state index in [1.165, 1.54) is 17.3 Å². The third-order valence-corrected chi connectivity index (χ3v) is 4.88. The average Bonchev–Trinajstić information content (AvgIpc) is 2.42. The van der Waals surface area contributed by atoms with Crippen molar-refractivity contribution in [2.24, 2.45) is 0 Å². The quantitative estimate of drug-likeness (QED) is 0.376. The Labute approximate surface area is 129 Å². The molecule has 0 fully saturated rings. The van der Waals surface area contributed by atoms with Crippen LogP contribution < -0.4 is 4.72 Å². The molecule has 1 N–H and O–H groups in total. The number of aromatic nitrogens is 1. The third kappa shape index (κ3) is 8.54. The first kappa shape index (κ1) is 16.8. The highest BCUT2D eigenvalue weighted by Gasteiger charge is 2.09. The summed E-state index contributed by atoms with van der Waals surface area (Å²) >= 11 is 2.36. The fraction of sp³-hybridized carbons (Fsp3) is 0.615. The molecule has 0 aliphatic carbocycles. The minimum atomic E-state index is -3.16. The molecule has 0 unspecified atom stereocenters. The van der Waals surface area contributed by atoms with E-state index in [2.05, 4.69) is 32.3 Å². The topological polar surface area (TPSA) is 59.1 Å². The normalized spacial score (nSPS) is 11.6. The lowest BCUT2D eigenvalue weighted by Crippen LogP contribution is -2.28. The molecule has 108 valence electrons. The molecule has 1 rings (SSSR count). The number of nitrogens with one attached hydrogen (secondary N) is 1. The molecule has 0 aliphatic rings. The standard InChI is InChI=1S/C13H21IN2O2S/c14-9-4-1-2-5-11-16-19(17,18)12-8-13-7-3-6-10-15-13/h3,6-7,10,16H,1-2,4-5,8-9,11-12H2. The van der Waals surface area contributed by atoms with Crippen molar-refractivity contribution in [1.29, 1.82) is 0 Å². The number of halogens is 1. The zero-order chi connectivity index (χ0) is 14.0. The summed E-state index contributed by atoms with van der Waals surface area (Å²) < 4.78 is 27.3. The molecule has 19 heavy (non-hydrogen) atoms. The number of nitrogens with zero attached hydrogens (tertiary/aromatic N) is 1. The summed E-state index contributed by atoms with van der Waals surface area (Å²) in [6.45, 7) is 0.547. The number of hydrogen-bond donors (Lipinski definition) is 1. The molecule has 0 aromatic carbocycles. The molecule has 1 aromatic rings. The van der Waals surface area contributed by atoms with Gasteiger partial charge in [0.25, 0.3) is 0 Å². The van der Waals surface area contributed by atoms with Gasteiger partial charge in [-0.1, -0.05) is 41.5 Å². The van der Waals surface area contributed by atoms with Crippen LogP contribution in [0.25, 0.3) is 0 Å². The lowest BCUT2D eigenvalue weighted by molar-refractivity contribution is 0.573. The van der Waals surface area contributed by atoms with E-state index in [0.717, 1.165) is 18.5 Å². The Morgan fingerprint density at radius 3 is 2.63 bits per heavy atom. The maximum atomic E-state index is 11.8. The van der Waals surface area contributed by atoms with Crippen molar-refractivity contribution in [1.82, 2.24) is 9.71 Å². The maximum Gasteiger partial charge on any atom is 0.211 e. The van der Waals surface area contributed by atoms with Gasteiger partial charge in [-0.3, -0.25) is 4.98 Å². The van der Waals surface area contributed by atoms with Crippen LogP contribution in [0, 0.1) is 0 Å². The molecule has 0 spiro atoms. The zero-order valence-electron chi connectivity index (χ0n) is 11.0. The van der Waals surface area contributed by atoms with Crippen molar-refractivity contribution in [3.05, 3.63) is 30.1 Å². The van der Waals surface area contributed by atoms with E-state index in [-0.39, 0.29) is 5.75 Å². The van der Waals surface area contributed by atoms with Gasteiger partial charge < -0.3 is 0 Å². The van der Waals surface area contributed by atoms with E-state index >= 15 is 0 Å². The lowest BCUT2D eigenvalue weighted by atomic mass is 10.2. The Hall–Kier alpha value is -0.210. The Morgan fingerprint density at radius 2 is 1.95 bits per heavy atom. The first-order chi connectivity index (χ1) is 9.14. The van der Waals surface area contributed by atoms with Crippen LogP contribution in [0.3, 0.4) is 0 Å². The van der Waals surface area contributed by atoms with Crippen molar-refractivity contribution < 1.29 is 8.42 Å². The van der Waals surface area contributed by atoms with Crippen LogP contribution in [0.1, 0.15) is 31.4 Å². The SMILES string of the molecule is O=S(=O)(CCc1ccccn1)NCCCCCCI. The molecule has 0 saturated carbocycles. The highest BCUT2D eigenvalue weighted by atomic mass is 127. The van der Waals surface area contributed by atoms with Gasteiger partial charge in [0.15, 0.2) is 0 Å². The van der Waals surface area contributed by atoms with Crippen molar-refractivity contribution in [3.63, 3.8) is 0 Å². The molecule has 0 saturated heterocycles. The largest absolute Gasteiger partial charge is 0.261 e. The number of alkyl halides is 1. The monoisotopic (exact) mass is 396 g/mol. The summed E-state index contributed by atoms with van der Waals surface area (Å²) in [5, 5.41) is 0. The van der Waals surface area contributed by atoms with Crippen LogP contribution in [-0.4, -0.2) is 30.1 Å². The van der Waals surface area contributed by atoms with Crippen LogP contribution in [-0.2, 0) is 16.4 Å². The van der Waals surface area contributed by atoms with Crippen molar-refractivity contribution in [2.45, 2.75) is 32.1 Å². The van der Waals surface area contributed by atoms with Crippen LogP contribution in [0.15, 0.2) is 24.4 Å². The van der Waals surface area contributed by atoms with Gasteiger partial charge in [0.1, 0.15) is 0 Å².